The fourth-order valence-electron chi connectivity index (χ4n) is 3.76. The van der Waals surface area contributed by atoms with Crippen LogP contribution in [0.15, 0.2) is 0 Å². The molecule has 1 rings (SSSR count). The van der Waals surface area contributed by atoms with Gasteiger partial charge in [0.2, 0.25) is 34.8 Å². The van der Waals surface area contributed by atoms with E-state index in [2.05, 4.69) is 11.7 Å². The molecule has 36 heavy (non-hydrogen) atoms. The highest BCUT2D eigenvalue weighted by atomic mass is 19.2. The molecule has 0 saturated carbocycles. The summed E-state index contributed by atoms with van der Waals surface area (Å²) in [6, 6.07) is 0. The highest BCUT2D eigenvalue weighted by Gasteiger charge is 2.28. The lowest BCUT2D eigenvalue weighted by atomic mass is 10.1. The average Bonchev–Trinajstić information content (AvgIpc) is 2.86. The summed E-state index contributed by atoms with van der Waals surface area (Å²) in [5.41, 5.74) is 0. The maximum Gasteiger partial charge on any atom is 0.311 e. The van der Waals surface area contributed by atoms with E-state index in [9.17, 15) is 31.5 Å². The zero-order chi connectivity index (χ0) is 26.8. The first-order valence-corrected chi connectivity index (χ1v) is 13.2. The van der Waals surface area contributed by atoms with Crippen LogP contribution in [0.5, 0.6) is 5.75 Å². The monoisotopic (exact) mass is 522 g/mol. The Balaban J connectivity index is 2.00. The van der Waals surface area contributed by atoms with Gasteiger partial charge < -0.3 is 9.47 Å². The van der Waals surface area contributed by atoms with E-state index in [4.69, 9.17) is 4.74 Å². The molecule has 0 aliphatic rings. The Morgan fingerprint density at radius 2 is 0.917 bits per heavy atom. The van der Waals surface area contributed by atoms with Gasteiger partial charge in [-0.05, 0) is 19.3 Å². The SMILES string of the molecule is CCCCCCCCCCCOC(=O)CCCCCCCCC(=O)Oc1c(F)c(F)c(F)c(F)c1F. The molecule has 0 spiro atoms. The Hall–Kier alpha value is -2.19. The van der Waals surface area contributed by atoms with Crippen LogP contribution in [0.25, 0.3) is 0 Å². The molecule has 1 aromatic carbocycles. The fourth-order valence-corrected chi connectivity index (χ4v) is 3.76. The van der Waals surface area contributed by atoms with Crippen molar-refractivity contribution in [1.82, 2.24) is 0 Å². The maximum atomic E-state index is 13.5. The van der Waals surface area contributed by atoms with Gasteiger partial charge in [0.05, 0.1) is 6.61 Å². The molecule has 0 amide bonds. The normalized spacial score (nSPS) is 11.1. The third-order valence-corrected chi connectivity index (χ3v) is 5.91. The van der Waals surface area contributed by atoms with Gasteiger partial charge in [-0.3, -0.25) is 9.59 Å². The number of hydrogen-bond acceptors (Lipinski definition) is 4. The van der Waals surface area contributed by atoms with E-state index in [1.165, 1.54) is 44.9 Å². The molecule has 0 bridgehead atoms. The smallest absolute Gasteiger partial charge is 0.311 e. The van der Waals surface area contributed by atoms with Crippen molar-refractivity contribution in [3.05, 3.63) is 29.1 Å². The summed E-state index contributed by atoms with van der Waals surface area (Å²) in [7, 11) is 0. The second-order valence-corrected chi connectivity index (χ2v) is 9.04. The summed E-state index contributed by atoms with van der Waals surface area (Å²) in [5, 5.41) is 0. The van der Waals surface area contributed by atoms with Gasteiger partial charge in [0.25, 0.3) is 0 Å². The molecule has 0 radical (unpaired) electrons. The largest absolute Gasteiger partial charge is 0.466 e. The van der Waals surface area contributed by atoms with Crippen LogP contribution >= 0.6 is 0 Å². The zero-order valence-corrected chi connectivity index (χ0v) is 21.3. The third-order valence-electron chi connectivity index (χ3n) is 5.91. The van der Waals surface area contributed by atoms with Gasteiger partial charge in [0.1, 0.15) is 0 Å². The Kier molecular flexibility index (Phi) is 16.8. The Labute approximate surface area is 210 Å². The van der Waals surface area contributed by atoms with Gasteiger partial charge in [0, 0.05) is 12.8 Å². The van der Waals surface area contributed by atoms with Crippen LogP contribution < -0.4 is 4.74 Å². The Morgan fingerprint density at radius 1 is 0.528 bits per heavy atom. The minimum absolute atomic E-state index is 0.189. The molecule has 206 valence electrons. The van der Waals surface area contributed by atoms with Gasteiger partial charge in [-0.25, -0.2) is 13.2 Å². The summed E-state index contributed by atoms with van der Waals surface area (Å²) in [6.07, 6.45) is 15.1. The van der Waals surface area contributed by atoms with Crippen molar-refractivity contribution in [3.8, 4) is 5.75 Å². The van der Waals surface area contributed by atoms with Crippen molar-refractivity contribution < 1.29 is 41.0 Å². The summed E-state index contributed by atoms with van der Waals surface area (Å²) in [4.78, 5) is 23.4. The number of benzene rings is 1. The van der Waals surface area contributed by atoms with Gasteiger partial charge in [-0.2, -0.15) is 8.78 Å². The van der Waals surface area contributed by atoms with Crippen molar-refractivity contribution in [2.45, 2.75) is 116 Å². The number of halogens is 5. The number of carbonyl (C=O) groups is 2. The second-order valence-electron chi connectivity index (χ2n) is 9.04. The van der Waals surface area contributed by atoms with Crippen LogP contribution in [0.2, 0.25) is 0 Å². The first-order chi connectivity index (χ1) is 17.3. The van der Waals surface area contributed by atoms with Gasteiger partial charge in [-0.15, -0.1) is 0 Å². The fraction of sp³-hybridized carbons (Fsp3) is 0.704. The van der Waals surface area contributed by atoms with Crippen molar-refractivity contribution in [2.75, 3.05) is 6.61 Å². The second kappa shape index (κ2) is 19.0. The molecule has 0 fully saturated rings. The predicted octanol–water partition coefficient (Wildman–Crippen LogP) is 8.48. The summed E-state index contributed by atoms with van der Waals surface area (Å²) >= 11 is 0. The number of rotatable bonds is 20. The van der Waals surface area contributed by atoms with E-state index < -0.39 is 40.8 Å². The van der Waals surface area contributed by atoms with Gasteiger partial charge in [0.15, 0.2) is 0 Å². The highest BCUT2D eigenvalue weighted by Crippen LogP contribution is 2.29. The lowest BCUT2D eigenvalue weighted by Crippen LogP contribution is -2.13. The van der Waals surface area contributed by atoms with Crippen LogP contribution in [-0.2, 0) is 14.3 Å². The Bertz CT molecular complexity index is 772. The van der Waals surface area contributed by atoms with E-state index in [0.29, 0.717) is 32.3 Å². The van der Waals surface area contributed by atoms with Gasteiger partial charge in [-0.1, -0.05) is 84.0 Å². The van der Waals surface area contributed by atoms with E-state index >= 15 is 0 Å². The van der Waals surface area contributed by atoms with Crippen molar-refractivity contribution in [3.63, 3.8) is 0 Å². The number of carbonyl (C=O) groups excluding carboxylic acids is 2. The summed E-state index contributed by atoms with van der Waals surface area (Å²) in [5.74, 6) is -13.8. The molecule has 0 saturated heterocycles. The molecule has 0 aromatic heterocycles. The van der Waals surface area contributed by atoms with E-state index in [0.717, 1.165) is 32.1 Å². The molecule has 4 nitrogen and oxygen atoms in total. The molecule has 0 unspecified atom stereocenters. The van der Waals surface area contributed by atoms with Crippen LogP contribution in [0.3, 0.4) is 0 Å². The lowest BCUT2D eigenvalue weighted by molar-refractivity contribution is -0.144. The molecule has 0 atom stereocenters. The third kappa shape index (κ3) is 12.7. The zero-order valence-electron chi connectivity index (χ0n) is 21.3. The molecular weight excluding hydrogens is 483 g/mol. The van der Waals surface area contributed by atoms with Crippen molar-refractivity contribution >= 4 is 11.9 Å². The molecule has 0 N–H and O–H groups in total. The minimum atomic E-state index is -2.31. The van der Waals surface area contributed by atoms with Crippen molar-refractivity contribution in [2.24, 2.45) is 0 Å². The van der Waals surface area contributed by atoms with Crippen LogP contribution in [0, 0.1) is 29.1 Å². The molecule has 0 heterocycles. The molecule has 0 aliphatic heterocycles. The molecular formula is C27H39F5O4. The first kappa shape index (κ1) is 31.8. The van der Waals surface area contributed by atoms with E-state index in [-0.39, 0.29) is 12.4 Å². The number of ether oxygens (including phenoxy) is 2. The number of unbranched alkanes of at least 4 members (excludes halogenated alkanes) is 13. The minimum Gasteiger partial charge on any atom is -0.466 e. The molecule has 0 aliphatic carbocycles. The van der Waals surface area contributed by atoms with E-state index in [1.54, 1.807) is 0 Å². The van der Waals surface area contributed by atoms with E-state index in [1.807, 2.05) is 0 Å². The van der Waals surface area contributed by atoms with Crippen molar-refractivity contribution in [1.29, 1.82) is 0 Å². The molecule has 9 heteroatoms. The summed E-state index contributed by atoms with van der Waals surface area (Å²) < 4.78 is 75.9. The van der Waals surface area contributed by atoms with Crippen LogP contribution in [0.1, 0.15) is 116 Å². The average molecular weight is 523 g/mol. The number of hydrogen-bond donors (Lipinski definition) is 0. The summed E-state index contributed by atoms with van der Waals surface area (Å²) in [6.45, 7) is 2.68. The Morgan fingerprint density at radius 3 is 1.42 bits per heavy atom. The van der Waals surface area contributed by atoms with Crippen LogP contribution in [0.4, 0.5) is 22.0 Å². The van der Waals surface area contributed by atoms with Gasteiger partial charge >= 0.3 is 11.9 Å². The number of esters is 2. The predicted molar refractivity (Wildman–Crippen MR) is 127 cm³/mol. The first-order valence-electron chi connectivity index (χ1n) is 13.2. The highest BCUT2D eigenvalue weighted by molar-refractivity contribution is 5.72. The van der Waals surface area contributed by atoms with Crippen LogP contribution in [-0.4, -0.2) is 18.5 Å². The quantitative estimate of drug-likeness (QED) is 0.0430. The maximum absolute atomic E-state index is 13.5. The topological polar surface area (TPSA) is 52.6 Å². The molecule has 1 aromatic rings. The lowest BCUT2D eigenvalue weighted by Gasteiger charge is -2.08. The standard InChI is InChI=1S/C27H39F5O4/c1-2-3-4-5-6-7-10-13-16-19-35-20(33)17-14-11-8-9-12-15-18-21(34)36-27-25(31)23(29)22(28)24(30)26(27)32/h2-19H2,1H3.